The highest BCUT2D eigenvalue weighted by Crippen LogP contribution is 2.20. The summed E-state index contributed by atoms with van der Waals surface area (Å²) in [5.41, 5.74) is 0.696. The molecule has 128 valence electrons. The molecule has 0 fully saturated rings. The Bertz CT molecular complexity index is 1030. The highest BCUT2D eigenvalue weighted by molar-refractivity contribution is 6.06. The summed E-state index contributed by atoms with van der Waals surface area (Å²) in [7, 11) is 1.63. The van der Waals surface area contributed by atoms with Crippen molar-refractivity contribution >= 4 is 16.8 Å². The summed E-state index contributed by atoms with van der Waals surface area (Å²) in [4.78, 5) is 24.7. The Morgan fingerprint density at radius 2 is 1.84 bits per heavy atom. The van der Waals surface area contributed by atoms with Crippen LogP contribution in [-0.4, -0.2) is 10.5 Å². The van der Waals surface area contributed by atoms with Gasteiger partial charge in [0.15, 0.2) is 0 Å². The van der Waals surface area contributed by atoms with E-state index < -0.39 is 23.6 Å². The number of amides is 1. The third-order valence-electron chi connectivity index (χ3n) is 4.18. The number of nitrogens with zero attached hydrogens (tertiary/aromatic N) is 1. The molecule has 0 aliphatic carbocycles. The van der Waals surface area contributed by atoms with Crippen LogP contribution in [0, 0.1) is 11.6 Å². The van der Waals surface area contributed by atoms with Gasteiger partial charge in [-0.15, -0.1) is 0 Å². The number of pyridine rings is 1. The van der Waals surface area contributed by atoms with E-state index >= 15 is 0 Å². The molecule has 0 radical (unpaired) electrons. The Labute approximate surface area is 142 Å². The van der Waals surface area contributed by atoms with E-state index in [4.69, 9.17) is 0 Å². The molecule has 1 heterocycles. The van der Waals surface area contributed by atoms with Crippen LogP contribution in [0.1, 0.15) is 28.9 Å². The highest BCUT2D eigenvalue weighted by atomic mass is 19.1. The number of para-hydroxylation sites is 1. The third kappa shape index (κ3) is 3.15. The minimum absolute atomic E-state index is 0.169. The molecule has 0 aliphatic heterocycles. The average Bonchev–Trinajstić information content (AvgIpc) is 2.57. The Morgan fingerprint density at radius 1 is 1.12 bits per heavy atom. The Balaban J connectivity index is 1.98. The summed E-state index contributed by atoms with van der Waals surface area (Å²) in [6, 6.07) is 10.8. The predicted octanol–water partition coefficient (Wildman–Crippen LogP) is 3.31. The van der Waals surface area contributed by atoms with Gasteiger partial charge in [0.05, 0.1) is 17.1 Å². The van der Waals surface area contributed by atoms with Crippen molar-refractivity contribution in [3.8, 4) is 0 Å². The average molecular weight is 342 g/mol. The van der Waals surface area contributed by atoms with Gasteiger partial charge in [0, 0.05) is 30.1 Å². The van der Waals surface area contributed by atoms with Gasteiger partial charge < -0.3 is 9.88 Å². The second-order valence-electron chi connectivity index (χ2n) is 5.83. The number of hydrogen-bond donors (Lipinski definition) is 1. The number of aromatic nitrogens is 1. The first-order valence-electron chi connectivity index (χ1n) is 7.73. The number of aryl methyl sites for hydroxylation is 1. The summed E-state index contributed by atoms with van der Waals surface area (Å²) in [5, 5.41) is 3.28. The zero-order chi connectivity index (χ0) is 18.1. The summed E-state index contributed by atoms with van der Waals surface area (Å²) in [6.45, 7) is 1.59. The molecule has 1 atom stereocenters. The number of carbonyl (C=O) groups is 1. The number of nitrogens with one attached hydrogen (secondary N) is 1. The van der Waals surface area contributed by atoms with E-state index in [0.29, 0.717) is 10.9 Å². The van der Waals surface area contributed by atoms with Crippen LogP contribution < -0.4 is 10.9 Å². The fourth-order valence-corrected chi connectivity index (χ4v) is 2.80. The molecule has 3 rings (SSSR count). The number of benzene rings is 2. The number of carbonyl (C=O) groups excluding carboxylic acids is 1. The SMILES string of the molecule is C[C@H](NC(=O)c1cc(=O)n(C)c2ccccc12)c1ccc(F)cc1F. The molecule has 4 nitrogen and oxygen atoms in total. The molecule has 25 heavy (non-hydrogen) atoms. The van der Waals surface area contributed by atoms with Crippen LogP contribution in [0.3, 0.4) is 0 Å². The van der Waals surface area contributed by atoms with Crippen LogP contribution in [0.4, 0.5) is 8.78 Å². The van der Waals surface area contributed by atoms with Crippen LogP contribution in [0.2, 0.25) is 0 Å². The van der Waals surface area contributed by atoms with Gasteiger partial charge in [-0.3, -0.25) is 9.59 Å². The van der Waals surface area contributed by atoms with Crippen molar-refractivity contribution in [2.75, 3.05) is 0 Å². The van der Waals surface area contributed by atoms with Crippen LogP contribution in [0.5, 0.6) is 0 Å². The lowest BCUT2D eigenvalue weighted by Gasteiger charge is -2.16. The minimum Gasteiger partial charge on any atom is -0.345 e. The zero-order valence-corrected chi connectivity index (χ0v) is 13.7. The fraction of sp³-hybridized carbons (Fsp3) is 0.158. The van der Waals surface area contributed by atoms with Gasteiger partial charge in [0.2, 0.25) is 0 Å². The molecular weight excluding hydrogens is 326 g/mol. The van der Waals surface area contributed by atoms with E-state index in [1.54, 1.807) is 38.2 Å². The first-order chi connectivity index (χ1) is 11.9. The number of fused-ring (bicyclic) bond motifs is 1. The summed E-state index contributed by atoms with van der Waals surface area (Å²) in [5.74, 6) is -1.91. The zero-order valence-electron chi connectivity index (χ0n) is 13.7. The van der Waals surface area contributed by atoms with E-state index in [-0.39, 0.29) is 16.7 Å². The molecule has 1 amide bonds. The maximum atomic E-state index is 13.9. The quantitative estimate of drug-likeness (QED) is 0.794. The van der Waals surface area contributed by atoms with Crippen molar-refractivity contribution in [1.82, 2.24) is 9.88 Å². The maximum absolute atomic E-state index is 13.9. The standard InChI is InChI=1S/C19H16F2N2O2/c1-11(13-8-7-12(20)9-16(13)21)22-19(25)15-10-18(24)23(2)17-6-4-3-5-14(15)17/h3-11H,1-2H3,(H,22,25)/t11-/m0/s1. The first kappa shape index (κ1) is 16.8. The van der Waals surface area contributed by atoms with E-state index in [9.17, 15) is 18.4 Å². The first-order valence-corrected chi connectivity index (χ1v) is 7.73. The second-order valence-corrected chi connectivity index (χ2v) is 5.83. The van der Waals surface area contributed by atoms with Gasteiger partial charge in [-0.2, -0.15) is 0 Å². The fourth-order valence-electron chi connectivity index (χ4n) is 2.80. The van der Waals surface area contributed by atoms with Crippen molar-refractivity contribution in [2.45, 2.75) is 13.0 Å². The van der Waals surface area contributed by atoms with Gasteiger partial charge in [-0.25, -0.2) is 8.78 Å². The van der Waals surface area contributed by atoms with Crippen LogP contribution in [-0.2, 0) is 7.05 Å². The lowest BCUT2D eigenvalue weighted by Crippen LogP contribution is -2.29. The molecule has 6 heteroatoms. The van der Waals surface area contributed by atoms with Crippen LogP contribution in [0.15, 0.2) is 53.3 Å². The molecule has 0 spiro atoms. The van der Waals surface area contributed by atoms with Crippen LogP contribution >= 0.6 is 0 Å². The molecule has 1 aromatic heterocycles. The topological polar surface area (TPSA) is 51.1 Å². The summed E-state index contributed by atoms with van der Waals surface area (Å²) >= 11 is 0. The smallest absolute Gasteiger partial charge is 0.252 e. The Kier molecular flexibility index (Phi) is 4.35. The number of rotatable bonds is 3. The van der Waals surface area contributed by atoms with Crippen molar-refractivity contribution in [3.05, 3.63) is 81.6 Å². The maximum Gasteiger partial charge on any atom is 0.252 e. The van der Waals surface area contributed by atoms with Gasteiger partial charge in [-0.05, 0) is 19.1 Å². The molecule has 2 aromatic carbocycles. The van der Waals surface area contributed by atoms with Crippen molar-refractivity contribution in [3.63, 3.8) is 0 Å². The van der Waals surface area contributed by atoms with Gasteiger partial charge >= 0.3 is 0 Å². The number of hydrogen-bond acceptors (Lipinski definition) is 2. The van der Waals surface area contributed by atoms with Gasteiger partial charge in [-0.1, -0.05) is 24.3 Å². The summed E-state index contributed by atoms with van der Waals surface area (Å²) in [6.07, 6.45) is 0. The van der Waals surface area contributed by atoms with Gasteiger partial charge in [0.1, 0.15) is 11.6 Å². The van der Waals surface area contributed by atoms with Crippen molar-refractivity contribution in [2.24, 2.45) is 7.05 Å². The molecule has 3 aromatic rings. The van der Waals surface area contributed by atoms with E-state index in [1.807, 2.05) is 0 Å². The molecule has 0 bridgehead atoms. The lowest BCUT2D eigenvalue weighted by atomic mass is 10.1. The van der Waals surface area contributed by atoms with E-state index in [2.05, 4.69) is 5.32 Å². The molecular formula is C19H16F2N2O2. The predicted molar refractivity (Wildman–Crippen MR) is 91.4 cm³/mol. The largest absolute Gasteiger partial charge is 0.345 e. The van der Waals surface area contributed by atoms with E-state index in [1.165, 1.54) is 16.7 Å². The highest BCUT2D eigenvalue weighted by Gasteiger charge is 2.18. The van der Waals surface area contributed by atoms with Crippen LogP contribution in [0.25, 0.3) is 10.9 Å². The normalized spacial score (nSPS) is 12.2. The third-order valence-corrected chi connectivity index (χ3v) is 4.18. The Hall–Kier alpha value is -3.02. The van der Waals surface area contributed by atoms with Crippen molar-refractivity contribution in [1.29, 1.82) is 0 Å². The Morgan fingerprint density at radius 3 is 2.56 bits per heavy atom. The van der Waals surface area contributed by atoms with Gasteiger partial charge in [0.25, 0.3) is 11.5 Å². The molecule has 0 unspecified atom stereocenters. The molecule has 0 aliphatic rings. The molecule has 0 saturated carbocycles. The van der Waals surface area contributed by atoms with E-state index in [0.717, 1.165) is 12.1 Å². The van der Waals surface area contributed by atoms with Crippen molar-refractivity contribution < 1.29 is 13.6 Å². The lowest BCUT2D eigenvalue weighted by molar-refractivity contribution is 0.0941. The summed E-state index contributed by atoms with van der Waals surface area (Å²) < 4.78 is 28.4. The second kappa shape index (κ2) is 6.47. The molecule has 0 saturated heterocycles. The molecule has 1 N–H and O–H groups in total. The monoisotopic (exact) mass is 342 g/mol. The minimum atomic E-state index is -0.735. The number of halogens is 2.